The van der Waals surface area contributed by atoms with Crippen LogP contribution in [-0.2, 0) is 7.05 Å². The lowest BCUT2D eigenvalue weighted by Crippen LogP contribution is -2.08. The maximum absolute atomic E-state index is 13.6. The van der Waals surface area contributed by atoms with E-state index in [4.69, 9.17) is 5.11 Å². The van der Waals surface area contributed by atoms with Crippen LogP contribution in [-0.4, -0.2) is 30.8 Å². The van der Waals surface area contributed by atoms with E-state index in [-0.39, 0.29) is 17.0 Å². The number of hydrogen-bond donors (Lipinski definition) is 1. The Morgan fingerprint density at radius 2 is 2.18 bits per heavy atom. The molecule has 2 aromatic heterocycles. The van der Waals surface area contributed by atoms with Gasteiger partial charge in [-0.25, -0.2) is 19.2 Å². The average molecular weight is 236 g/mol. The molecule has 6 nitrogen and oxygen atoms in total. The van der Waals surface area contributed by atoms with Crippen LogP contribution >= 0.6 is 0 Å². The number of hydrogen-bond acceptors (Lipinski definition) is 4. The highest BCUT2D eigenvalue weighted by atomic mass is 19.1. The fourth-order valence-corrected chi connectivity index (χ4v) is 1.51. The van der Waals surface area contributed by atoms with Crippen molar-refractivity contribution in [3.05, 3.63) is 29.7 Å². The van der Waals surface area contributed by atoms with E-state index in [2.05, 4.69) is 15.1 Å². The molecule has 0 atom stereocenters. The molecule has 0 saturated carbocycles. The van der Waals surface area contributed by atoms with Crippen molar-refractivity contribution in [2.24, 2.45) is 7.05 Å². The summed E-state index contributed by atoms with van der Waals surface area (Å²) in [6.07, 6.45) is 2.28. The summed E-state index contributed by atoms with van der Waals surface area (Å²) in [4.78, 5) is 18.6. The number of nitrogens with zero attached hydrogens (tertiary/aromatic N) is 4. The summed E-state index contributed by atoms with van der Waals surface area (Å²) in [7, 11) is 1.47. The standard InChI is InChI=1S/C10H9FN4O2/c1-5-12-4-7(11)8(14-5)6-3-13-15(2)9(6)10(16)17/h3-4H,1-2H3,(H,16,17). The molecule has 88 valence electrons. The number of carbonyl (C=O) groups is 1. The Morgan fingerprint density at radius 1 is 1.47 bits per heavy atom. The Bertz CT molecular complexity index is 594. The van der Waals surface area contributed by atoms with Crippen LogP contribution in [0.1, 0.15) is 16.3 Å². The summed E-state index contributed by atoms with van der Waals surface area (Å²) in [5.74, 6) is -1.50. The van der Waals surface area contributed by atoms with E-state index < -0.39 is 11.8 Å². The zero-order valence-corrected chi connectivity index (χ0v) is 9.18. The van der Waals surface area contributed by atoms with Gasteiger partial charge in [-0.05, 0) is 6.92 Å². The molecular formula is C10H9FN4O2. The molecule has 2 heterocycles. The lowest BCUT2D eigenvalue weighted by molar-refractivity contribution is 0.0686. The van der Waals surface area contributed by atoms with Crippen molar-refractivity contribution >= 4 is 5.97 Å². The summed E-state index contributed by atoms with van der Waals surface area (Å²) in [5.41, 5.74) is -0.0204. The third-order valence-electron chi connectivity index (χ3n) is 2.26. The molecule has 2 aromatic rings. The summed E-state index contributed by atoms with van der Waals surface area (Å²) in [6.45, 7) is 1.60. The van der Waals surface area contributed by atoms with Gasteiger partial charge >= 0.3 is 5.97 Å². The van der Waals surface area contributed by atoms with E-state index >= 15 is 0 Å². The second-order valence-electron chi connectivity index (χ2n) is 3.45. The van der Waals surface area contributed by atoms with Gasteiger partial charge in [-0.1, -0.05) is 0 Å². The minimum atomic E-state index is -1.18. The van der Waals surface area contributed by atoms with Crippen LogP contribution in [0.2, 0.25) is 0 Å². The minimum absolute atomic E-state index is 0.0528. The summed E-state index contributed by atoms with van der Waals surface area (Å²) < 4.78 is 14.7. The van der Waals surface area contributed by atoms with Crippen molar-refractivity contribution in [3.63, 3.8) is 0 Å². The first-order chi connectivity index (χ1) is 8.00. The number of carboxylic acids is 1. The molecule has 0 saturated heterocycles. The SMILES string of the molecule is Cc1ncc(F)c(-c2cnn(C)c2C(=O)O)n1. The molecule has 0 radical (unpaired) electrons. The Labute approximate surface area is 95.8 Å². The van der Waals surface area contributed by atoms with Gasteiger partial charge in [-0.2, -0.15) is 5.10 Å². The normalized spacial score (nSPS) is 10.5. The monoisotopic (exact) mass is 236 g/mol. The highest BCUT2D eigenvalue weighted by Gasteiger charge is 2.21. The van der Waals surface area contributed by atoms with Gasteiger partial charge < -0.3 is 5.11 Å². The molecule has 0 aromatic carbocycles. The molecule has 0 fully saturated rings. The Morgan fingerprint density at radius 3 is 2.82 bits per heavy atom. The van der Waals surface area contributed by atoms with Gasteiger partial charge in [-0.15, -0.1) is 0 Å². The smallest absolute Gasteiger partial charge is 0.354 e. The molecule has 17 heavy (non-hydrogen) atoms. The molecule has 1 N–H and O–H groups in total. The number of aromatic carboxylic acids is 1. The van der Waals surface area contributed by atoms with Crippen LogP contribution in [0, 0.1) is 12.7 Å². The van der Waals surface area contributed by atoms with Crippen LogP contribution in [0.5, 0.6) is 0 Å². The van der Waals surface area contributed by atoms with Crippen molar-refractivity contribution in [1.29, 1.82) is 0 Å². The third kappa shape index (κ3) is 1.86. The molecule has 0 unspecified atom stereocenters. The third-order valence-corrected chi connectivity index (χ3v) is 2.26. The van der Waals surface area contributed by atoms with Gasteiger partial charge in [-0.3, -0.25) is 4.68 Å². The van der Waals surface area contributed by atoms with Gasteiger partial charge in [0.15, 0.2) is 11.5 Å². The van der Waals surface area contributed by atoms with Crippen LogP contribution in [0.15, 0.2) is 12.4 Å². The predicted octanol–water partition coefficient (Wildman–Crippen LogP) is 1.02. The van der Waals surface area contributed by atoms with E-state index in [9.17, 15) is 9.18 Å². The fraction of sp³-hybridized carbons (Fsp3) is 0.200. The molecule has 0 bridgehead atoms. The molecule has 0 aliphatic rings. The first kappa shape index (κ1) is 11.2. The van der Waals surface area contributed by atoms with Crippen molar-refractivity contribution in [2.45, 2.75) is 6.92 Å². The van der Waals surface area contributed by atoms with Crippen molar-refractivity contribution in [2.75, 3.05) is 0 Å². The molecule has 7 heteroatoms. The van der Waals surface area contributed by atoms with E-state index in [1.54, 1.807) is 6.92 Å². The highest BCUT2D eigenvalue weighted by Crippen LogP contribution is 2.23. The largest absolute Gasteiger partial charge is 0.477 e. The second-order valence-corrected chi connectivity index (χ2v) is 3.45. The van der Waals surface area contributed by atoms with Gasteiger partial charge in [0, 0.05) is 7.05 Å². The topological polar surface area (TPSA) is 80.9 Å². The maximum atomic E-state index is 13.6. The van der Waals surface area contributed by atoms with Gasteiger partial charge in [0.1, 0.15) is 11.5 Å². The number of aromatic nitrogens is 4. The number of halogens is 1. The lowest BCUT2D eigenvalue weighted by Gasteiger charge is -2.02. The van der Waals surface area contributed by atoms with Crippen LogP contribution in [0.3, 0.4) is 0 Å². The van der Waals surface area contributed by atoms with Crippen molar-refractivity contribution in [1.82, 2.24) is 19.7 Å². The predicted molar refractivity (Wildman–Crippen MR) is 55.9 cm³/mol. The summed E-state index contributed by atoms with van der Waals surface area (Å²) in [6, 6.07) is 0. The number of rotatable bonds is 2. The lowest BCUT2D eigenvalue weighted by atomic mass is 10.1. The molecule has 2 rings (SSSR count). The molecular weight excluding hydrogens is 227 g/mol. The fourth-order valence-electron chi connectivity index (χ4n) is 1.51. The molecule has 0 aliphatic carbocycles. The number of aryl methyl sites for hydroxylation is 2. The first-order valence-corrected chi connectivity index (χ1v) is 4.75. The zero-order valence-electron chi connectivity index (χ0n) is 9.18. The highest BCUT2D eigenvalue weighted by molar-refractivity contribution is 5.93. The van der Waals surface area contributed by atoms with Gasteiger partial charge in [0.05, 0.1) is 18.0 Å². The maximum Gasteiger partial charge on any atom is 0.354 e. The van der Waals surface area contributed by atoms with Crippen LogP contribution < -0.4 is 0 Å². The van der Waals surface area contributed by atoms with Crippen molar-refractivity contribution < 1.29 is 14.3 Å². The minimum Gasteiger partial charge on any atom is -0.477 e. The quantitative estimate of drug-likeness (QED) is 0.841. The first-order valence-electron chi connectivity index (χ1n) is 4.75. The zero-order chi connectivity index (χ0) is 12.6. The van der Waals surface area contributed by atoms with E-state index in [1.807, 2.05) is 0 Å². The average Bonchev–Trinajstić information content (AvgIpc) is 2.64. The van der Waals surface area contributed by atoms with E-state index in [0.717, 1.165) is 10.9 Å². The second kappa shape index (κ2) is 3.93. The molecule has 0 aliphatic heterocycles. The van der Waals surface area contributed by atoms with Gasteiger partial charge in [0.2, 0.25) is 0 Å². The van der Waals surface area contributed by atoms with Crippen molar-refractivity contribution in [3.8, 4) is 11.3 Å². The summed E-state index contributed by atoms with van der Waals surface area (Å²) in [5, 5.41) is 12.8. The van der Waals surface area contributed by atoms with Crippen LogP contribution in [0.4, 0.5) is 4.39 Å². The Balaban J connectivity index is 2.68. The Kier molecular flexibility index (Phi) is 2.58. The molecule has 0 amide bonds. The molecule has 0 spiro atoms. The Hall–Kier alpha value is -2.31. The van der Waals surface area contributed by atoms with Crippen LogP contribution in [0.25, 0.3) is 11.3 Å². The van der Waals surface area contributed by atoms with E-state index in [0.29, 0.717) is 5.82 Å². The van der Waals surface area contributed by atoms with Gasteiger partial charge in [0.25, 0.3) is 0 Å². The summed E-state index contributed by atoms with van der Waals surface area (Å²) >= 11 is 0. The van der Waals surface area contributed by atoms with E-state index in [1.165, 1.54) is 13.2 Å². The number of carboxylic acid groups (broad SMARTS) is 1.